The van der Waals surface area contributed by atoms with Gasteiger partial charge in [0.05, 0.1) is 17.6 Å². The van der Waals surface area contributed by atoms with E-state index in [-0.39, 0.29) is 12.0 Å². The number of aliphatic hydroxyl groups is 2. The zero-order valence-corrected chi connectivity index (χ0v) is 10.5. The fourth-order valence-electron chi connectivity index (χ4n) is 3.08. The quantitative estimate of drug-likeness (QED) is 0.562. The van der Waals surface area contributed by atoms with E-state index >= 15 is 0 Å². The van der Waals surface area contributed by atoms with Crippen molar-refractivity contribution < 1.29 is 19.8 Å². The molecule has 0 aromatic heterocycles. The largest absolute Gasteiger partial charge is 0.393 e. The number of hydrogen-bond acceptors (Lipinski definition) is 4. The van der Waals surface area contributed by atoms with Crippen molar-refractivity contribution in [3.05, 3.63) is 0 Å². The Kier molecular flexibility index (Phi) is 3.33. The van der Waals surface area contributed by atoms with Crippen LogP contribution in [0.2, 0.25) is 0 Å². The SMILES string of the molecule is C[C@@H](O)C(C(N)=O)N1CC2(CCC(O)CC2)C1=O. The third-order valence-corrected chi connectivity index (χ3v) is 4.18. The van der Waals surface area contributed by atoms with E-state index in [9.17, 15) is 19.8 Å². The molecule has 0 aromatic rings. The lowest BCUT2D eigenvalue weighted by atomic mass is 9.66. The first-order valence-corrected chi connectivity index (χ1v) is 6.34. The monoisotopic (exact) mass is 256 g/mol. The maximum atomic E-state index is 12.2. The summed E-state index contributed by atoms with van der Waals surface area (Å²) >= 11 is 0. The molecule has 0 bridgehead atoms. The van der Waals surface area contributed by atoms with E-state index in [1.54, 1.807) is 0 Å². The van der Waals surface area contributed by atoms with Crippen molar-refractivity contribution in [1.82, 2.24) is 4.90 Å². The molecule has 2 rings (SSSR count). The molecule has 1 spiro atoms. The smallest absolute Gasteiger partial charge is 0.242 e. The molecule has 18 heavy (non-hydrogen) atoms. The van der Waals surface area contributed by atoms with E-state index in [1.165, 1.54) is 11.8 Å². The Morgan fingerprint density at radius 1 is 1.50 bits per heavy atom. The summed E-state index contributed by atoms with van der Waals surface area (Å²) < 4.78 is 0. The van der Waals surface area contributed by atoms with Crippen molar-refractivity contribution in [2.75, 3.05) is 6.54 Å². The summed E-state index contributed by atoms with van der Waals surface area (Å²) in [4.78, 5) is 24.9. The van der Waals surface area contributed by atoms with Crippen molar-refractivity contribution >= 4 is 11.8 Å². The number of primary amides is 1. The average molecular weight is 256 g/mol. The van der Waals surface area contributed by atoms with E-state index in [2.05, 4.69) is 0 Å². The number of hydrogen-bond donors (Lipinski definition) is 3. The Balaban J connectivity index is 2.05. The second kappa shape index (κ2) is 4.51. The fourth-order valence-corrected chi connectivity index (χ4v) is 3.08. The molecule has 6 nitrogen and oxygen atoms in total. The number of likely N-dealkylation sites (tertiary alicyclic amines) is 1. The van der Waals surface area contributed by atoms with Gasteiger partial charge in [0.25, 0.3) is 0 Å². The Morgan fingerprint density at radius 2 is 2.06 bits per heavy atom. The highest BCUT2D eigenvalue weighted by Gasteiger charge is 2.56. The Hall–Kier alpha value is -1.14. The molecule has 1 saturated heterocycles. The predicted octanol–water partition coefficient (Wildman–Crippen LogP) is -1.02. The van der Waals surface area contributed by atoms with Gasteiger partial charge in [-0.05, 0) is 32.6 Å². The van der Waals surface area contributed by atoms with Crippen LogP contribution in [0.3, 0.4) is 0 Å². The summed E-state index contributed by atoms with van der Waals surface area (Å²) in [6, 6.07) is -0.935. The van der Waals surface area contributed by atoms with Gasteiger partial charge in [-0.1, -0.05) is 0 Å². The lowest BCUT2D eigenvalue weighted by Crippen LogP contribution is -2.69. The Morgan fingerprint density at radius 3 is 2.44 bits per heavy atom. The van der Waals surface area contributed by atoms with E-state index in [4.69, 9.17) is 5.73 Å². The van der Waals surface area contributed by atoms with E-state index in [1.807, 2.05) is 0 Å². The van der Waals surface area contributed by atoms with Gasteiger partial charge in [0, 0.05) is 6.54 Å². The number of nitrogens with two attached hydrogens (primary N) is 1. The fraction of sp³-hybridized carbons (Fsp3) is 0.833. The molecule has 1 heterocycles. The lowest BCUT2D eigenvalue weighted by Gasteiger charge is -2.54. The first-order chi connectivity index (χ1) is 8.37. The van der Waals surface area contributed by atoms with Gasteiger partial charge >= 0.3 is 0 Å². The van der Waals surface area contributed by atoms with Crippen LogP contribution in [0, 0.1) is 5.41 Å². The summed E-state index contributed by atoms with van der Waals surface area (Å²) in [5.41, 5.74) is 4.79. The van der Waals surface area contributed by atoms with Crippen LogP contribution in [0.1, 0.15) is 32.6 Å². The van der Waals surface area contributed by atoms with Gasteiger partial charge < -0.3 is 20.8 Å². The van der Waals surface area contributed by atoms with Crippen molar-refractivity contribution in [3.63, 3.8) is 0 Å². The van der Waals surface area contributed by atoms with Crippen molar-refractivity contribution in [2.24, 2.45) is 11.1 Å². The van der Waals surface area contributed by atoms with Gasteiger partial charge in [0.15, 0.2) is 0 Å². The van der Waals surface area contributed by atoms with Crippen LogP contribution in [-0.2, 0) is 9.59 Å². The van der Waals surface area contributed by atoms with Gasteiger partial charge in [-0.25, -0.2) is 0 Å². The average Bonchev–Trinajstić information content (AvgIpc) is 2.30. The molecule has 1 saturated carbocycles. The summed E-state index contributed by atoms with van der Waals surface area (Å²) in [5.74, 6) is -0.789. The molecular weight excluding hydrogens is 236 g/mol. The molecule has 2 atom stereocenters. The number of β-lactam (4-membered cyclic amide) rings is 1. The minimum absolute atomic E-state index is 0.112. The van der Waals surface area contributed by atoms with Gasteiger partial charge in [-0.15, -0.1) is 0 Å². The normalized spacial score (nSPS) is 35.2. The van der Waals surface area contributed by atoms with Crippen LogP contribution in [0.25, 0.3) is 0 Å². The zero-order chi connectivity index (χ0) is 13.5. The molecule has 1 aliphatic heterocycles. The van der Waals surface area contributed by atoms with Gasteiger partial charge in [-0.3, -0.25) is 9.59 Å². The van der Waals surface area contributed by atoms with Crippen LogP contribution >= 0.6 is 0 Å². The maximum absolute atomic E-state index is 12.2. The van der Waals surface area contributed by atoms with E-state index in [0.717, 1.165) is 0 Å². The third-order valence-electron chi connectivity index (χ3n) is 4.18. The molecule has 6 heteroatoms. The van der Waals surface area contributed by atoms with E-state index < -0.39 is 23.5 Å². The van der Waals surface area contributed by atoms with Gasteiger partial charge in [0.2, 0.25) is 11.8 Å². The van der Waals surface area contributed by atoms with Crippen LogP contribution in [0.5, 0.6) is 0 Å². The van der Waals surface area contributed by atoms with Crippen LogP contribution in [0.4, 0.5) is 0 Å². The molecule has 2 aliphatic rings. The predicted molar refractivity (Wildman–Crippen MR) is 63.3 cm³/mol. The second-order valence-corrected chi connectivity index (χ2v) is 5.53. The minimum Gasteiger partial charge on any atom is -0.393 e. The van der Waals surface area contributed by atoms with Crippen molar-refractivity contribution in [1.29, 1.82) is 0 Å². The summed E-state index contributed by atoms with van der Waals surface area (Å²) in [6.45, 7) is 1.91. The Labute approximate surface area is 106 Å². The molecule has 0 radical (unpaired) electrons. The number of carbonyl (C=O) groups is 2. The number of carbonyl (C=O) groups excluding carboxylic acids is 2. The van der Waals surface area contributed by atoms with Crippen LogP contribution in [-0.4, -0.2) is 51.7 Å². The molecule has 102 valence electrons. The number of nitrogens with zero attached hydrogens (tertiary/aromatic N) is 1. The molecule has 1 unspecified atom stereocenters. The third kappa shape index (κ3) is 1.99. The minimum atomic E-state index is -0.960. The molecule has 2 fully saturated rings. The second-order valence-electron chi connectivity index (χ2n) is 5.53. The van der Waals surface area contributed by atoms with Gasteiger partial charge in [0.1, 0.15) is 6.04 Å². The highest BCUT2D eigenvalue weighted by atomic mass is 16.3. The topological polar surface area (TPSA) is 104 Å². The summed E-state index contributed by atoms with van der Waals surface area (Å²) in [6.07, 6.45) is 1.26. The molecule has 4 N–H and O–H groups in total. The lowest BCUT2D eigenvalue weighted by molar-refractivity contribution is -0.176. The Bertz CT molecular complexity index is 361. The number of aliphatic hydroxyl groups excluding tert-OH is 2. The van der Waals surface area contributed by atoms with Crippen LogP contribution in [0.15, 0.2) is 0 Å². The molecule has 0 aromatic carbocycles. The standard InChI is InChI=1S/C12H20N2O4/c1-7(15)9(10(13)17)14-6-12(11(14)18)4-2-8(16)3-5-12/h7-9,15-16H,2-6H2,1H3,(H2,13,17)/t7-,8?,9?,12?/m1/s1. The van der Waals surface area contributed by atoms with E-state index in [0.29, 0.717) is 32.2 Å². The molecular formula is C12H20N2O4. The van der Waals surface area contributed by atoms with Crippen molar-refractivity contribution in [2.45, 2.75) is 50.9 Å². The first-order valence-electron chi connectivity index (χ1n) is 6.34. The van der Waals surface area contributed by atoms with Crippen molar-refractivity contribution in [3.8, 4) is 0 Å². The summed E-state index contributed by atoms with van der Waals surface area (Å²) in [7, 11) is 0. The first kappa shape index (κ1) is 13.3. The van der Waals surface area contributed by atoms with Crippen LogP contribution < -0.4 is 5.73 Å². The van der Waals surface area contributed by atoms with Gasteiger partial charge in [-0.2, -0.15) is 0 Å². The highest BCUT2D eigenvalue weighted by Crippen LogP contribution is 2.46. The molecule has 1 aliphatic carbocycles. The maximum Gasteiger partial charge on any atom is 0.242 e. The number of amides is 2. The number of rotatable bonds is 3. The molecule has 2 amide bonds. The zero-order valence-electron chi connectivity index (χ0n) is 10.5. The summed E-state index contributed by atoms with van der Waals surface area (Å²) in [5, 5.41) is 19.0. The highest BCUT2D eigenvalue weighted by molar-refractivity contribution is 5.94.